The van der Waals surface area contributed by atoms with E-state index in [1.54, 1.807) is 0 Å². The predicted molar refractivity (Wildman–Crippen MR) is 65.3 cm³/mol. The molecule has 90 valence electrons. The standard InChI is InChI=1S/C12H22N4/c1-11(12-5-6-14-15(12)2)13-7-10-16-8-3-4-9-16/h5-6,11,13H,3-4,7-10H2,1-2H3. The van der Waals surface area contributed by atoms with Crippen molar-refractivity contribution in [1.82, 2.24) is 20.0 Å². The van der Waals surface area contributed by atoms with Crippen LogP contribution in [0.25, 0.3) is 0 Å². The molecule has 0 radical (unpaired) electrons. The fourth-order valence-electron chi connectivity index (χ4n) is 2.36. The van der Waals surface area contributed by atoms with Gasteiger partial charge >= 0.3 is 0 Å². The van der Waals surface area contributed by atoms with Crippen molar-refractivity contribution in [1.29, 1.82) is 0 Å². The van der Waals surface area contributed by atoms with Crippen LogP contribution in [0.15, 0.2) is 12.3 Å². The van der Waals surface area contributed by atoms with Crippen LogP contribution in [0.3, 0.4) is 0 Å². The van der Waals surface area contributed by atoms with E-state index in [4.69, 9.17) is 0 Å². The van der Waals surface area contributed by atoms with Crippen LogP contribution in [0, 0.1) is 0 Å². The van der Waals surface area contributed by atoms with Crippen molar-refractivity contribution in [3.8, 4) is 0 Å². The van der Waals surface area contributed by atoms with Crippen LogP contribution in [0.2, 0.25) is 0 Å². The van der Waals surface area contributed by atoms with E-state index in [9.17, 15) is 0 Å². The molecule has 2 rings (SSSR count). The van der Waals surface area contributed by atoms with Crippen LogP contribution in [0.5, 0.6) is 0 Å². The Hall–Kier alpha value is -0.870. The van der Waals surface area contributed by atoms with Crippen molar-refractivity contribution in [3.63, 3.8) is 0 Å². The van der Waals surface area contributed by atoms with Crippen molar-refractivity contribution in [3.05, 3.63) is 18.0 Å². The maximum atomic E-state index is 4.19. The summed E-state index contributed by atoms with van der Waals surface area (Å²) < 4.78 is 1.94. The molecule has 0 aliphatic carbocycles. The summed E-state index contributed by atoms with van der Waals surface area (Å²) in [6.07, 6.45) is 4.60. The molecule has 4 nitrogen and oxygen atoms in total. The van der Waals surface area contributed by atoms with Gasteiger partial charge in [0.1, 0.15) is 0 Å². The van der Waals surface area contributed by atoms with E-state index in [1.807, 2.05) is 17.9 Å². The zero-order valence-corrected chi connectivity index (χ0v) is 10.3. The highest BCUT2D eigenvalue weighted by Gasteiger charge is 2.12. The summed E-state index contributed by atoms with van der Waals surface area (Å²) in [6.45, 7) is 6.99. The third kappa shape index (κ3) is 2.83. The molecule has 0 saturated carbocycles. The van der Waals surface area contributed by atoms with E-state index in [-0.39, 0.29) is 0 Å². The van der Waals surface area contributed by atoms with E-state index < -0.39 is 0 Å². The van der Waals surface area contributed by atoms with E-state index in [0.717, 1.165) is 6.54 Å². The lowest BCUT2D eigenvalue weighted by Crippen LogP contribution is -2.31. The Balaban J connectivity index is 1.71. The number of nitrogens with zero attached hydrogens (tertiary/aromatic N) is 3. The minimum Gasteiger partial charge on any atom is -0.308 e. The number of rotatable bonds is 5. The lowest BCUT2D eigenvalue weighted by Gasteiger charge is -2.18. The average Bonchev–Trinajstić information content (AvgIpc) is 2.88. The molecule has 1 fully saturated rings. The van der Waals surface area contributed by atoms with Gasteiger partial charge in [0, 0.05) is 32.4 Å². The fourth-order valence-corrected chi connectivity index (χ4v) is 2.36. The lowest BCUT2D eigenvalue weighted by atomic mass is 10.2. The molecule has 0 spiro atoms. The van der Waals surface area contributed by atoms with E-state index in [0.29, 0.717) is 6.04 Å². The Morgan fingerprint density at radius 2 is 2.19 bits per heavy atom. The summed E-state index contributed by atoms with van der Waals surface area (Å²) in [7, 11) is 1.99. The molecule has 1 aliphatic heterocycles. The summed E-state index contributed by atoms with van der Waals surface area (Å²) in [4.78, 5) is 2.53. The molecule has 0 amide bonds. The van der Waals surface area contributed by atoms with Gasteiger partial charge in [-0.2, -0.15) is 5.10 Å². The zero-order chi connectivity index (χ0) is 11.4. The van der Waals surface area contributed by atoms with Crippen LogP contribution < -0.4 is 5.32 Å². The molecule has 1 aromatic heterocycles. The van der Waals surface area contributed by atoms with Crippen molar-refractivity contribution in [2.75, 3.05) is 26.2 Å². The van der Waals surface area contributed by atoms with Gasteiger partial charge in [0.05, 0.1) is 5.69 Å². The summed E-state index contributed by atoms with van der Waals surface area (Å²) in [5.74, 6) is 0. The second kappa shape index (κ2) is 5.46. The molecular formula is C12H22N4. The van der Waals surface area contributed by atoms with Crippen LogP contribution >= 0.6 is 0 Å². The van der Waals surface area contributed by atoms with Crippen molar-refractivity contribution in [2.24, 2.45) is 7.05 Å². The summed E-state index contributed by atoms with van der Waals surface area (Å²) in [5, 5.41) is 7.74. The number of hydrogen-bond donors (Lipinski definition) is 1. The number of nitrogens with one attached hydrogen (secondary N) is 1. The van der Waals surface area contributed by atoms with Crippen LogP contribution in [0.1, 0.15) is 31.5 Å². The highest BCUT2D eigenvalue weighted by Crippen LogP contribution is 2.10. The van der Waals surface area contributed by atoms with E-state index in [2.05, 4.69) is 28.3 Å². The number of aromatic nitrogens is 2. The topological polar surface area (TPSA) is 33.1 Å². The normalized spacial score (nSPS) is 19.1. The van der Waals surface area contributed by atoms with Gasteiger partial charge in [-0.05, 0) is 38.9 Å². The molecule has 1 saturated heterocycles. The number of aryl methyl sites for hydroxylation is 1. The maximum absolute atomic E-state index is 4.19. The van der Waals surface area contributed by atoms with E-state index in [1.165, 1.54) is 38.2 Å². The molecule has 1 aliphatic rings. The summed E-state index contributed by atoms with van der Waals surface area (Å²) in [6, 6.07) is 2.46. The third-order valence-corrected chi connectivity index (χ3v) is 3.38. The van der Waals surface area contributed by atoms with Gasteiger partial charge < -0.3 is 10.2 Å². The highest BCUT2D eigenvalue weighted by atomic mass is 15.3. The Morgan fingerprint density at radius 3 is 2.81 bits per heavy atom. The molecule has 16 heavy (non-hydrogen) atoms. The monoisotopic (exact) mass is 222 g/mol. The largest absolute Gasteiger partial charge is 0.308 e. The minimum atomic E-state index is 0.384. The predicted octanol–water partition coefficient (Wildman–Crippen LogP) is 1.17. The first kappa shape index (κ1) is 11.6. The molecule has 1 N–H and O–H groups in total. The van der Waals surface area contributed by atoms with Crippen LogP contribution in [-0.2, 0) is 7.05 Å². The molecule has 1 unspecified atom stereocenters. The van der Waals surface area contributed by atoms with Gasteiger partial charge in [0.15, 0.2) is 0 Å². The van der Waals surface area contributed by atoms with Gasteiger partial charge in [0.25, 0.3) is 0 Å². The smallest absolute Gasteiger partial charge is 0.0547 e. The first-order valence-corrected chi connectivity index (χ1v) is 6.21. The third-order valence-electron chi connectivity index (χ3n) is 3.38. The fraction of sp³-hybridized carbons (Fsp3) is 0.750. The van der Waals surface area contributed by atoms with Crippen molar-refractivity contribution in [2.45, 2.75) is 25.8 Å². The Kier molecular flexibility index (Phi) is 3.96. The SMILES string of the molecule is CC(NCCN1CCCC1)c1ccnn1C. The number of likely N-dealkylation sites (tertiary alicyclic amines) is 1. The quantitative estimate of drug-likeness (QED) is 0.812. The average molecular weight is 222 g/mol. The Labute approximate surface area is 97.6 Å². The molecule has 2 heterocycles. The molecule has 0 bridgehead atoms. The maximum Gasteiger partial charge on any atom is 0.0547 e. The summed E-state index contributed by atoms with van der Waals surface area (Å²) in [5.41, 5.74) is 1.25. The van der Waals surface area contributed by atoms with Crippen molar-refractivity contribution < 1.29 is 0 Å². The molecule has 4 heteroatoms. The van der Waals surface area contributed by atoms with Gasteiger partial charge in [-0.1, -0.05) is 0 Å². The van der Waals surface area contributed by atoms with Crippen molar-refractivity contribution >= 4 is 0 Å². The van der Waals surface area contributed by atoms with Gasteiger partial charge in [-0.15, -0.1) is 0 Å². The summed E-state index contributed by atoms with van der Waals surface area (Å²) >= 11 is 0. The first-order valence-electron chi connectivity index (χ1n) is 6.21. The van der Waals surface area contributed by atoms with Crippen LogP contribution in [0.4, 0.5) is 0 Å². The van der Waals surface area contributed by atoms with Crippen LogP contribution in [-0.4, -0.2) is 40.9 Å². The molecular weight excluding hydrogens is 200 g/mol. The minimum absolute atomic E-state index is 0.384. The number of hydrogen-bond acceptors (Lipinski definition) is 3. The molecule has 1 aromatic rings. The zero-order valence-electron chi connectivity index (χ0n) is 10.3. The Bertz CT molecular complexity index is 315. The second-order valence-corrected chi connectivity index (χ2v) is 4.60. The molecule has 0 aromatic carbocycles. The Morgan fingerprint density at radius 1 is 1.44 bits per heavy atom. The van der Waals surface area contributed by atoms with Gasteiger partial charge in [-0.25, -0.2) is 0 Å². The van der Waals surface area contributed by atoms with E-state index >= 15 is 0 Å². The molecule has 1 atom stereocenters. The lowest BCUT2D eigenvalue weighted by molar-refractivity contribution is 0.328. The highest BCUT2D eigenvalue weighted by molar-refractivity contribution is 5.05. The second-order valence-electron chi connectivity index (χ2n) is 4.60. The van der Waals surface area contributed by atoms with Gasteiger partial charge in [0.2, 0.25) is 0 Å². The van der Waals surface area contributed by atoms with Gasteiger partial charge in [-0.3, -0.25) is 4.68 Å². The first-order chi connectivity index (χ1) is 7.77.